The molecule has 2 aromatic rings. The van der Waals surface area contributed by atoms with Gasteiger partial charge in [0.2, 0.25) is 5.91 Å². The molecule has 0 aliphatic carbocycles. The van der Waals surface area contributed by atoms with E-state index in [2.05, 4.69) is 6.58 Å². The van der Waals surface area contributed by atoms with Crippen molar-refractivity contribution in [3.8, 4) is 0 Å². The number of hydrogen-bond donors (Lipinski definition) is 0. The molecule has 1 amide bonds. The molecule has 104 valence electrons. The van der Waals surface area contributed by atoms with Gasteiger partial charge in [0.15, 0.2) is 0 Å². The van der Waals surface area contributed by atoms with Gasteiger partial charge in [-0.1, -0.05) is 30.3 Å². The normalized spacial score (nSPS) is 10.2. The number of thiophene rings is 1. The van der Waals surface area contributed by atoms with Crippen LogP contribution < -0.4 is 0 Å². The second kappa shape index (κ2) is 7.01. The van der Waals surface area contributed by atoms with Crippen molar-refractivity contribution in [2.24, 2.45) is 0 Å². The van der Waals surface area contributed by atoms with Crippen LogP contribution in [-0.2, 0) is 17.8 Å². The molecule has 2 rings (SSSR count). The number of nitrogens with zero attached hydrogens (tertiary/aromatic N) is 1. The molecule has 0 saturated heterocycles. The highest BCUT2D eigenvalue weighted by Gasteiger charge is 2.15. The SMILES string of the molecule is C=CCN(Cc1cccs1)C(=O)Cc1ccccc1F. The Labute approximate surface area is 122 Å². The van der Waals surface area contributed by atoms with Gasteiger partial charge in [0.25, 0.3) is 0 Å². The van der Waals surface area contributed by atoms with Crippen LogP contribution in [0, 0.1) is 5.82 Å². The zero-order valence-corrected chi connectivity index (χ0v) is 11.9. The van der Waals surface area contributed by atoms with Crippen LogP contribution in [0.3, 0.4) is 0 Å². The van der Waals surface area contributed by atoms with Gasteiger partial charge in [-0.25, -0.2) is 4.39 Å². The maximum absolute atomic E-state index is 13.6. The molecule has 1 heterocycles. The summed E-state index contributed by atoms with van der Waals surface area (Å²) in [5, 5.41) is 1.97. The van der Waals surface area contributed by atoms with Crippen LogP contribution in [0.5, 0.6) is 0 Å². The fraction of sp³-hybridized carbons (Fsp3) is 0.188. The summed E-state index contributed by atoms with van der Waals surface area (Å²) < 4.78 is 13.6. The minimum absolute atomic E-state index is 0.0753. The highest BCUT2D eigenvalue weighted by molar-refractivity contribution is 7.09. The summed E-state index contributed by atoms with van der Waals surface area (Å²) in [5.41, 5.74) is 0.428. The summed E-state index contributed by atoms with van der Waals surface area (Å²) >= 11 is 1.60. The number of carbonyl (C=O) groups excluding carboxylic acids is 1. The Balaban J connectivity index is 2.07. The summed E-state index contributed by atoms with van der Waals surface area (Å²) in [4.78, 5) is 15.1. The van der Waals surface area contributed by atoms with E-state index in [0.29, 0.717) is 18.7 Å². The molecule has 0 aliphatic heterocycles. The van der Waals surface area contributed by atoms with Crippen molar-refractivity contribution in [2.45, 2.75) is 13.0 Å². The zero-order chi connectivity index (χ0) is 14.4. The van der Waals surface area contributed by atoms with Crippen LogP contribution in [0.4, 0.5) is 4.39 Å². The van der Waals surface area contributed by atoms with Crippen molar-refractivity contribution >= 4 is 17.2 Å². The molecule has 1 aromatic heterocycles. The van der Waals surface area contributed by atoms with Crippen LogP contribution in [-0.4, -0.2) is 17.4 Å². The molecule has 2 nitrogen and oxygen atoms in total. The molecule has 0 unspecified atom stereocenters. The summed E-state index contributed by atoms with van der Waals surface area (Å²) in [7, 11) is 0. The predicted octanol–water partition coefficient (Wildman–Crippen LogP) is 3.64. The van der Waals surface area contributed by atoms with Crippen molar-refractivity contribution in [3.05, 3.63) is 70.7 Å². The van der Waals surface area contributed by atoms with Gasteiger partial charge < -0.3 is 4.90 Å². The number of amides is 1. The first kappa shape index (κ1) is 14.5. The maximum Gasteiger partial charge on any atom is 0.227 e. The molecule has 0 N–H and O–H groups in total. The first-order chi connectivity index (χ1) is 9.70. The quantitative estimate of drug-likeness (QED) is 0.743. The lowest BCUT2D eigenvalue weighted by molar-refractivity contribution is -0.130. The molecule has 1 aromatic carbocycles. The molecular weight excluding hydrogens is 273 g/mol. The van der Waals surface area contributed by atoms with Gasteiger partial charge in [0.1, 0.15) is 5.82 Å². The minimum Gasteiger partial charge on any atom is -0.334 e. The number of benzene rings is 1. The van der Waals surface area contributed by atoms with Gasteiger partial charge in [-0.2, -0.15) is 0 Å². The first-order valence-corrected chi connectivity index (χ1v) is 7.23. The van der Waals surface area contributed by atoms with E-state index in [1.807, 2.05) is 17.5 Å². The van der Waals surface area contributed by atoms with Gasteiger partial charge in [-0.3, -0.25) is 4.79 Å². The van der Waals surface area contributed by atoms with E-state index in [4.69, 9.17) is 0 Å². The van der Waals surface area contributed by atoms with Gasteiger partial charge in [0, 0.05) is 11.4 Å². The lowest BCUT2D eigenvalue weighted by atomic mass is 10.1. The zero-order valence-electron chi connectivity index (χ0n) is 11.1. The third-order valence-electron chi connectivity index (χ3n) is 2.93. The smallest absolute Gasteiger partial charge is 0.227 e. The van der Waals surface area contributed by atoms with Crippen LogP contribution in [0.15, 0.2) is 54.4 Å². The Morgan fingerprint density at radius 2 is 2.10 bits per heavy atom. The molecule has 0 saturated carbocycles. The third kappa shape index (κ3) is 3.78. The lowest BCUT2D eigenvalue weighted by Gasteiger charge is -2.20. The molecular formula is C16H16FNOS. The summed E-state index contributed by atoms with van der Waals surface area (Å²) in [5.74, 6) is -0.432. The Morgan fingerprint density at radius 1 is 1.30 bits per heavy atom. The fourth-order valence-electron chi connectivity index (χ4n) is 1.92. The number of halogens is 1. The van der Waals surface area contributed by atoms with Crippen LogP contribution in [0.25, 0.3) is 0 Å². The van der Waals surface area contributed by atoms with Crippen LogP contribution in [0.2, 0.25) is 0 Å². The highest BCUT2D eigenvalue weighted by atomic mass is 32.1. The Morgan fingerprint density at radius 3 is 2.75 bits per heavy atom. The topological polar surface area (TPSA) is 20.3 Å². The summed E-state index contributed by atoms with van der Waals surface area (Å²) in [6.07, 6.45) is 1.76. The molecule has 0 bridgehead atoms. The molecule has 0 spiro atoms. The fourth-order valence-corrected chi connectivity index (χ4v) is 2.64. The number of carbonyl (C=O) groups is 1. The Hall–Kier alpha value is -1.94. The van der Waals surface area contributed by atoms with Gasteiger partial charge >= 0.3 is 0 Å². The molecule has 0 radical (unpaired) electrons. The number of rotatable bonds is 6. The second-order valence-electron chi connectivity index (χ2n) is 4.41. The average Bonchev–Trinajstić information content (AvgIpc) is 2.94. The maximum atomic E-state index is 13.6. The Bertz CT molecular complexity index is 580. The van der Waals surface area contributed by atoms with Crippen molar-refractivity contribution in [3.63, 3.8) is 0 Å². The summed E-state index contributed by atoms with van der Waals surface area (Å²) in [6.45, 7) is 4.67. The first-order valence-electron chi connectivity index (χ1n) is 6.35. The molecule has 20 heavy (non-hydrogen) atoms. The van der Waals surface area contributed by atoms with Gasteiger partial charge in [0.05, 0.1) is 13.0 Å². The van der Waals surface area contributed by atoms with Gasteiger partial charge in [-0.15, -0.1) is 17.9 Å². The van der Waals surface area contributed by atoms with E-state index in [1.54, 1.807) is 40.5 Å². The van der Waals surface area contributed by atoms with E-state index in [1.165, 1.54) is 6.07 Å². The predicted molar refractivity (Wildman–Crippen MR) is 80.0 cm³/mol. The number of hydrogen-bond acceptors (Lipinski definition) is 2. The molecule has 0 atom stereocenters. The molecule has 4 heteroatoms. The second-order valence-corrected chi connectivity index (χ2v) is 5.44. The van der Waals surface area contributed by atoms with E-state index < -0.39 is 0 Å². The average molecular weight is 289 g/mol. The standard InChI is InChI=1S/C16H16FNOS/c1-2-9-18(12-14-7-5-10-20-14)16(19)11-13-6-3-4-8-15(13)17/h2-8,10H,1,9,11-12H2. The molecule has 0 fully saturated rings. The largest absolute Gasteiger partial charge is 0.334 e. The molecule has 0 aliphatic rings. The van der Waals surface area contributed by atoms with Crippen molar-refractivity contribution in [2.75, 3.05) is 6.54 Å². The minimum atomic E-state index is -0.337. The van der Waals surface area contributed by atoms with Crippen LogP contribution >= 0.6 is 11.3 Å². The van der Waals surface area contributed by atoms with E-state index >= 15 is 0 Å². The van der Waals surface area contributed by atoms with Gasteiger partial charge in [-0.05, 0) is 23.1 Å². The van der Waals surface area contributed by atoms with E-state index in [-0.39, 0.29) is 18.1 Å². The lowest BCUT2D eigenvalue weighted by Crippen LogP contribution is -2.31. The summed E-state index contributed by atoms with van der Waals surface area (Å²) in [6, 6.07) is 10.3. The Kier molecular flexibility index (Phi) is 5.07. The third-order valence-corrected chi connectivity index (χ3v) is 3.79. The van der Waals surface area contributed by atoms with Crippen molar-refractivity contribution in [1.82, 2.24) is 4.90 Å². The highest BCUT2D eigenvalue weighted by Crippen LogP contribution is 2.14. The van der Waals surface area contributed by atoms with Crippen molar-refractivity contribution in [1.29, 1.82) is 0 Å². The van der Waals surface area contributed by atoms with E-state index in [0.717, 1.165) is 4.88 Å². The monoisotopic (exact) mass is 289 g/mol. The van der Waals surface area contributed by atoms with Crippen molar-refractivity contribution < 1.29 is 9.18 Å². The van der Waals surface area contributed by atoms with E-state index in [9.17, 15) is 9.18 Å². The van der Waals surface area contributed by atoms with Crippen LogP contribution in [0.1, 0.15) is 10.4 Å².